The maximum atomic E-state index is 15.2. The number of hydrogen-bond donors (Lipinski definition) is 5. The van der Waals surface area contributed by atoms with Crippen molar-refractivity contribution in [3.8, 4) is 0 Å². The molecule has 12 amide bonds. The zero-order valence-electron chi connectivity index (χ0n) is 60.3. The van der Waals surface area contributed by atoms with Crippen molar-refractivity contribution < 1.29 is 62.6 Å². The minimum atomic E-state index is -1.66. The summed E-state index contributed by atoms with van der Waals surface area (Å²) in [6.45, 7) is 18.8. The van der Waals surface area contributed by atoms with Crippen LogP contribution in [0.15, 0.2) is 60.7 Å². The predicted octanol–water partition coefficient (Wildman–Crippen LogP) is 3.10. The molecule has 2 saturated heterocycles. The van der Waals surface area contributed by atoms with Gasteiger partial charge in [-0.3, -0.25) is 57.5 Å². The molecule has 25 heteroatoms. The van der Waals surface area contributed by atoms with Gasteiger partial charge in [-0.15, -0.1) is 0 Å². The van der Waals surface area contributed by atoms with Crippen LogP contribution in [0, 0.1) is 29.6 Å². The molecule has 534 valence electrons. The zero-order valence-corrected chi connectivity index (χ0v) is 60.3. The van der Waals surface area contributed by atoms with E-state index in [1.807, 2.05) is 71.9 Å². The van der Waals surface area contributed by atoms with Crippen LogP contribution in [-0.4, -0.2) is 251 Å². The third kappa shape index (κ3) is 22.8. The Bertz CT molecular complexity index is 2980. The second-order valence-corrected chi connectivity index (χ2v) is 28.3. The van der Waals surface area contributed by atoms with E-state index in [0.29, 0.717) is 37.9 Å². The summed E-state index contributed by atoms with van der Waals surface area (Å²) < 4.78 is 0. The van der Waals surface area contributed by atoms with Crippen LogP contribution in [0.2, 0.25) is 0 Å². The topological polar surface area (TPSA) is 299 Å². The van der Waals surface area contributed by atoms with Gasteiger partial charge in [0.05, 0.1) is 25.6 Å². The van der Waals surface area contributed by atoms with Crippen molar-refractivity contribution in [2.75, 3.05) is 75.5 Å². The second kappa shape index (κ2) is 37.5. The summed E-state index contributed by atoms with van der Waals surface area (Å²) in [6, 6.07) is 6.21. The molecular formula is C71H112N12O13. The highest BCUT2D eigenvalue weighted by atomic mass is 16.3. The molecule has 2 aromatic rings. The van der Waals surface area contributed by atoms with Crippen molar-refractivity contribution in [3.05, 3.63) is 71.8 Å². The number of aliphatic hydroxyl groups is 1. The third-order valence-electron chi connectivity index (χ3n) is 18.2. The van der Waals surface area contributed by atoms with Crippen LogP contribution < -0.4 is 21.3 Å². The lowest BCUT2D eigenvalue weighted by Gasteiger charge is -2.38. The van der Waals surface area contributed by atoms with Gasteiger partial charge in [0, 0.05) is 68.8 Å². The van der Waals surface area contributed by atoms with E-state index >= 15 is 14.4 Å². The highest BCUT2D eigenvalue weighted by Crippen LogP contribution is 2.23. The molecule has 10 atom stereocenters. The first kappa shape index (κ1) is 80.5. The summed E-state index contributed by atoms with van der Waals surface area (Å²) in [5.74, 6) is -10.2. The van der Waals surface area contributed by atoms with Crippen molar-refractivity contribution >= 4 is 70.9 Å². The Labute approximate surface area is 569 Å². The molecule has 2 aliphatic rings. The molecule has 25 nitrogen and oxygen atoms in total. The second-order valence-electron chi connectivity index (χ2n) is 28.3. The molecular weight excluding hydrogens is 1230 g/mol. The van der Waals surface area contributed by atoms with Crippen LogP contribution >= 0.6 is 0 Å². The Morgan fingerprint density at radius 2 is 0.906 bits per heavy atom. The third-order valence-corrected chi connectivity index (χ3v) is 18.2. The summed E-state index contributed by atoms with van der Waals surface area (Å²) in [6.07, 6.45) is 0.683. The van der Waals surface area contributed by atoms with Crippen molar-refractivity contribution in [1.29, 1.82) is 0 Å². The number of piperidine rings is 1. The van der Waals surface area contributed by atoms with E-state index in [1.54, 1.807) is 62.9 Å². The molecule has 2 fully saturated rings. The first-order valence-corrected chi connectivity index (χ1v) is 34.0. The van der Waals surface area contributed by atoms with E-state index in [1.165, 1.54) is 80.8 Å². The van der Waals surface area contributed by atoms with Gasteiger partial charge in [0.15, 0.2) is 0 Å². The molecule has 96 heavy (non-hydrogen) atoms. The largest absolute Gasteiger partial charge is 0.391 e. The number of carbonyl (C=O) groups excluding carboxylic acids is 12. The highest BCUT2D eigenvalue weighted by molar-refractivity contribution is 6.00. The normalized spacial score (nSPS) is 24.9. The fourth-order valence-electron chi connectivity index (χ4n) is 12.3. The number of carbonyl (C=O) groups is 12. The van der Waals surface area contributed by atoms with Gasteiger partial charge < -0.3 is 65.6 Å². The fraction of sp³-hybridized carbons (Fsp3) is 0.662. The molecule has 0 bridgehead atoms. The standard InChI is InChI=1S/C71H112N12O13/c1-43(2)36-53-63(88)73-52(68(93)83-34-26-21-27-35-83)40-57(85)76(12)41-59(87)82(18)62(47(9)10)66(91)72-51(33-32-49-28-22-19-23-29-49)67(92)79(15)54(37-44(3)4)65(90)75-61(48(11)84)70(95)77(13)42-58(86)78(14)56(39-50-30-24-20-25-31-50)69(94)80(16)55(38-45(5)6)64(89)74-60(46(7)8)71(96)81(53)17/h19-20,22-25,28-31,43-48,51-56,60-62,84H,21,26-27,32-42H2,1-18H3,(H,72,91)(H,73,88)(H,74,89)(H,75,90)/t48-,51+,52+,53+,54+,55+,56+,60+,61+,62+/m1/s1. The van der Waals surface area contributed by atoms with E-state index in [9.17, 15) is 48.3 Å². The molecule has 5 N–H and O–H groups in total. The van der Waals surface area contributed by atoms with Crippen molar-refractivity contribution in [2.45, 2.75) is 201 Å². The van der Waals surface area contributed by atoms with Gasteiger partial charge in [0.1, 0.15) is 54.4 Å². The summed E-state index contributed by atoms with van der Waals surface area (Å²) in [5.41, 5.74) is 1.50. The Morgan fingerprint density at radius 1 is 0.458 bits per heavy atom. The summed E-state index contributed by atoms with van der Waals surface area (Å²) >= 11 is 0. The Balaban J connectivity index is 1.92. The van der Waals surface area contributed by atoms with Crippen LogP contribution in [0.3, 0.4) is 0 Å². The van der Waals surface area contributed by atoms with Gasteiger partial charge in [-0.05, 0) is 99.0 Å². The average Bonchev–Trinajstić information content (AvgIpc) is 0.848. The molecule has 2 aliphatic heterocycles. The van der Waals surface area contributed by atoms with Crippen molar-refractivity contribution in [2.24, 2.45) is 29.6 Å². The van der Waals surface area contributed by atoms with Gasteiger partial charge in [0.25, 0.3) is 0 Å². The lowest BCUT2D eigenvalue weighted by Crippen LogP contribution is -2.62. The number of likely N-dealkylation sites (tertiary alicyclic amines) is 1. The molecule has 0 saturated carbocycles. The van der Waals surface area contributed by atoms with Crippen LogP contribution in [0.4, 0.5) is 0 Å². The van der Waals surface area contributed by atoms with Crippen LogP contribution in [0.25, 0.3) is 0 Å². The number of amides is 12. The maximum absolute atomic E-state index is 15.2. The lowest BCUT2D eigenvalue weighted by molar-refractivity contribution is -0.151. The minimum Gasteiger partial charge on any atom is -0.391 e. The average molecular weight is 1340 g/mol. The first-order valence-electron chi connectivity index (χ1n) is 34.0. The number of nitrogens with zero attached hydrogens (tertiary/aromatic N) is 8. The minimum absolute atomic E-state index is 0.0336. The number of nitrogens with one attached hydrogen (secondary N) is 4. The van der Waals surface area contributed by atoms with Crippen molar-refractivity contribution in [1.82, 2.24) is 60.5 Å². The van der Waals surface area contributed by atoms with Crippen LogP contribution in [-0.2, 0) is 70.4 Å². The fourth-order valence-corrected chi connectivity index (χ4v) is 12.3. The van der Waals surface area contributed by atoms with E-state index < -0.39 is 163 Å². The van der Waals surface area contributed by atoms with E-state index in [4.69, 9.17) is 0 Å². The van der Waals surface area contributed by atoms with Gasteiger partial charge in [-0.1, -0.05) is 130 Å². The first-order chi connectivity index (χ1) is 45.0. The Hall–Kier alpha value is -7.96. The van der Waals surface area contributed by atoms with Gasteiger partial charge in [-0.2, -0.15) is 0 Å². The SMILES string of the molecule is CC(C)C[C@H]1C(=O)N[C@@H]([C@@H](C)O)C(=O)N(C)CC(=O)N(C)[C@@H](Cc2ccccc2)C(=O)N(C)[C@@H](CC(C)C)C(=O)N[C@@H](C(C)C)C(=O)N(C)[C@@H](CC(C)C)C(=O)N[C@H](C(=O)N2CCCCC2)CC(=O)N(C)CC(=O)N(C)[C@@H](C(C)C)C(=O)N[C@@H](CCc2ccccc2)C(=O)N1C. The maximum Gasteiger partial charge on any atom is 0.248 e. The lowest BCUT2D eigenvalue weighted by atomic mass is 9.96. The van der Waals surface area contributed by atoms with E-state index in [-0.39, 0.29) is 49.9 Å². The molecule has 0 unspecified atom stereocenters. The molecule has 2 aromatic carbocycles. The quantitative estimate of drug-likeness (QED) is 0.172. The zero-order chi connectivity index (χ0) is 72.2. The number of aryl methyl sites for hydroxylation is 1. The van der Waals surface area contributed by atoms with Gasteiger partial charge in [-0.25, -0.2) is 0 Å². The number of likely N-dealkylation sites (N-methyl/N-ethyl adjacent to an activating group) is 7. The number of aliphatic hydroxyl groups excluding tert-OH is 1. The number of benzene rings is 2. The summed E-state index contributed by atoms with van der Waals surface area (Å²) in [5, 5.41) is 22.5. The molecule has 4 rings (SSSR count). The Morgan fingerprint density at radius 3 is 1.39 bits per heavy atom. The van der Waals surface area contributed by atoms with Crippen LogP contribution in [0.1, 0.15) is 139 Å². The van der Waals surface area contributed by atoms with E-state index in [2.05, 4.69) is 21.3 Å². The smallest absolute Gasteiger partial charge is 0.248 e. The van der Waals surface area contributed by atoms with Crippen LogP contribution in [0.5, 0.6) is 0 Å². The molecule has 0 spiro atoms. The van der Waals surface area contributed by atoms with E-state index in [0.717, 1.165) is 21.8 Å². The predicted molar refractivity (Wildman–Crippen MR) is 365 cm³/mol. The molecule has 0 radical (unpaired) electrons. The number of rotatable bonds is 15. The molecule has 2 heterocycles. The molecule has 0 aliphatic carbocycles. The van der Waals surface area contributed by atoms with Gasteiger partial charge in [0.2, 0.25) is 70.9 Å². The Kier molecular flexibility index (Phi) is 31.5. The summed E-state index contributed by atoms with van der Waals surface area (Å²) in [7, 11) is 9.73. The number of hydrogen-bond acceptors (Lipinski definition) is 13. The summed E-state index contributed by atoms with van der Waals surface area (Å²) in [4.78, 5) is 187. The van der Waals surface area contributed by atoms with Gasteiger partial charge >= 0.3 is 0 Å². The highest BCUT2D eigenvalue weighted by Gasteiger charge is 2.43. The monoisotopic (exact) mass is 1340 g/mol. The molecule has 0 aromatic heterocycles. The van der Waals surface area contributed by atoms with Crippen molar-refractivity contribution in [3.63, 3.8) is 0 Å².